The van der Waals surface area contributed by atoms with Gasteiger partial charge in [-0.1, -0.05) is 17.7 Å². The minimum atomic E-state index is -1.25. The highest BCUT2D eigenvalue weighted by molar-refractivity contribution is 6.31. The third kappa shape index (κ3) is 4.58. The van der Waals surface area contributed by atoms with Gasteiger partial charge in [0, 0.05) is 30.8 Å². The Morgan fingerprint density at radius 2 is 2.08 bits per heavy atom. The monoisotopic (exact) mass is 369 g/mol. The molecular weight excluding hydrogens is 353 g/mol. The molecule has 0 aliphatic heterocycles. The van der Waals surface area contributed by atoms with Gasteiger partial charge in [0.1, 0.15) is 5.82 Å². The quantitative estimate of drug-likeness (QED) is 0.809. The topological polar surface area (TPSA) is 80.0 Å². The van der Waals surface area contributed by atoms with Crippen LogP contribution in [0.25, 0.3) is 0 Å². The zero-order valence-corrected chi connectivity index (χ0v) is 14.5. The first-order chi connectivity index (χ1) is 11.8. The highest BCUT2D eigenvalue weighted by Crippen LogP contribution is 2.21. The van der Waals surface area contributed by atoms with Crippen molar-refractivity contribution in [2.24, 2.45) is 0 Å². The Labute approximate surface area is 148 Å². The molecule has 1 amide bonds. The lowest BCUT2D eigenvalue weighted by Crippen LogP contribution is -2.33. The van der Waals surface area contributed by atoms with E-state index in [1.165, 1.54) is 30.2 Å². The van der Waals surface area contributed by atoms with Crippen LogP contribution >= 0.6 is 11.6 Å². The van der Waals surface area contributed by atoms with E-state index in [1.54, 1.807) is 6.92 Å². The Balaban J connectivity index is 2.28. The number of carboxylic acid groups (broad SMARTS) is 1. The summed E-state index contributed by atoms with van der Waals surface area (Å²) in [6.07, 6.45) is 0. The predicted molar refractivity (Wildman–Crippen MR) is 88.4 cm³/mol. The molecule has 2 aromatic rings. The minimum absolute atomic E-state index is 0.0933. The summed E-state index contributed by atoms with van der Waals surface area (Å²) >= 11 is 6.02. The van der Waals surface area contributed by atoms with Crippen LogP contribution in [-0.2, 0) is 11.3 Å². The molecule has 0 spiro atoms. The highest BCUT2D eigenvalue weighted by atomic mass is 35.5. The molecule has 0 aliphatic carbocycles. The van der Waals surface area contributed by atoms with Gasteiger partial charge in [-0.05, 0) is 30.7 Å². The molecule has 1 N–H and O–H groups in total. The summed E-state index contributed by atoms with van der Waals surface area (Å²) in [4.78, 5) is 25.2. The van der Waals surface area contributed by atoms with E-state index in [4.69, 9.17) is 25.9 Å². The molecule has 1 aromatic heterocycles. The normalized spacial score (nSPS) is 10.7. The molecule has 0 saturated carbocycles. The van der Waals surface area contributed by atoms with E-state index < -0.39 is 17.7 Å². The summed E-state index contributed by atoms with van der Waals surface area (Å²) < 4.78 is 23.3. The number of ether oxygens (including phenoxy) is 1. The molecule has 0 radical (unpaired) electrons. The second-order valence-electron chi connectivity index (χ2n) is 5.38. The lowest BCUT2D eigenvalue weighted by Gasteiger charge is -2.22. The molecule has 0 bridgehead atoms. The van der Waals surface area contributed by atoms with Crippen molar-refractivity contribution in [2.75, 3.05) is 20.3 Å². The molecule has 6 nitrogen and oxygen atoms in total. The Morgan fingerprint density at radius 1 is 1.36 bits per heavy atom. The van der Waals surface area contributed by atoms with Gasteiger partial charge in [0.15, 0.2) is 5.76 Å². The number of aryl methyl sites for hydroxylation is 1. The summed E-state index contributed by atoms with van der Waals surface area (Å²) in [7, 11) is 1.49. The van der Waals surface area contributed by atoms with Crippen molar-refractivity contribution in [1.29, 1.82) is 0 Å². The fourth-order valence-electron chi connectivity index (χ4n) is 2.27. The zero-order valence-electron chi connectivity index (χ0n) is 13.7. The molecule has 0 saturated heterocycles. The van der Waals surface area contributed by atoms with Crippen molar-refractivity contribution >= 4 is 23.5 Å². The number of methoxy groups -OCH3 is 1. The largest absolute Gasteiger partial charge is 0.475 e. The predicted octanol–water partition coefficient (Wildman–Crippen LogP) is 3.37. The van der Waals surface area contributed by atoms with Gasteiger partial charge in [0.05, 0.1) is 6.61 Å². The maximum absolute atomic E-state index is 13.2. The zero-order chi connectivity index (χ0) is 18.6. The van der Waals surface area contributed by atoms with Gasteiger partial charge in [-0.25, -0.2) is 9.18 Å². The molecule has 134 valence electrons. The summed E-state index contributed by atoms with van der Waals surface area (Å²) in [6, 6.07) is 5.27. The van der Waals surface area contributed by atoms with Gasteiger partial charge in [-0.3, -0.25) is 4.79 Å². The first-order valence-electron chi connectivity index (χ1n) is 7.39. The fraction of sp³-hybridized carbons (Fsp3) is 0.294. The second kappa shape index (κ2) is 8.13. The van der Waals surface area contributed by atoms with Crippen molar-refractivity contribution in [3.05, 3.63) is 57.8 Å². The number of hydrogen-bond donors (Lipinski definition) is 1. The van der Waals surface area contributed by atoms with Crippen LogP contribution in [-0.4, -0.2) is 42.1 Å². The average Bonchev–Trinajstić information content (AvgIpc) is 2.95. The number of halogens is 2. The molecule has 1 aromatic carbocycles. The number of carboxylic acids is 1. The summed E-state index contributed by atoms with van der Waals surface area (Å²) in [5.74, 6) is -2.61. The van der Waals surface area contributed by atoms with Crippen LogP contribution in [0, 0.1) is 12.7 Å². The van der Waals surface area contributed by atoms with E-state index in [0.29, 0.717) is 11.1 Å². The van der Waals surface area contributed by atoms with Crippen LogP contribution in [0.15, 0.2) is 28.7 Å². The SMILES string of the molecule is COCCN(Cc1ccc(F)cc1Cl)C(=O)c1cc(C)c(C(=O)O)o1. The van der Waals surface area contributed by atoms with Crippen molar-refractivity contribution in [3.8, 4) is 0 Å². The van der Waals surface area contributed by atoms with E-state index in [-0.39, 0.29) is 36.2 Å². The summed E-state index contributed by atoms with van der Waals surface area (Å²) in [6.45, 7) is 2.13. The third-order valence-electron chi connectivity index (χ3n) is 3.55. The van der Waals surface area contributed by atoms with E-state index >= 15 is 0 Å². The first kappa shape index (κ1) is 19.0. The number of amides is 1. The van der Waals surface area contributed by atoms with Crippen LogP contribution in [0.5, 0.6) is 0 Å². The third-order valence-corrected chi connectivity index (χ3v) is 3.90. The van der Waals surface area contributed by atoms with Gasteiger partial charge >= 0.3 is 5.97 Å². The first-order valence-corrected chi connectivity index (χ1v) is 7.77. The van der Waals surface area contributed by atoms with E-state index in [1.807, 2.05) is 0 Å². The van der Waals surface area contributed by atoms with Gasteiger partial charge in [-0.15, -0.1) is 0 Å². The molecule has 1 heterocycles. The average molecular weight is 370 g/mol. The molecule has 0 unspecified atom stereocenters. The number of benzene rings is 1. The van der Waals surface area contributed by atoms with Gasteiger partial charge in [0.2, 0.25) is 5.76 Å². The smallest absolute Gasteiger partial charge is 0.372 e. The summed E-state index contributed by atoms with van der Waals surface area (Å²) in [5, 5.41) is 9.24. The number of rotatable bonds is 7. The van der Waals surface area contributed by atoms with Crippen molar-refractivity contribution < 1.29 is 28.2 Å². The standard InChI is InChI=1S/C17H17ClFNO5/c1-10-7-14(25-15(10)17(22)23)16(21)20(5-6-24-2)9-11-3-4-12(19)8-13(11)18/h3-4,7-8H,5-6,9H2,1-2H3,(H,22,23). The van der Waals surface area contributed by atoms with Crippen LogP contribution in [0.4, 0.5) is 4.39 Å². The molecule has 8 heteroatoms. The van der Waals surface area contributed by atoms with E-state index in [2.05, 4.69) is 0 Å². The van der Waals surface area contributed by atoms with Crippen LogP contribution < -0.4 is 0 Å². The Bertz CT molecular complexity index is 789. The highest BCUT2D eigenvalue weighted by Gasteiger charge is 2.24. The molecular formula is C17H17ClFNO5. The minimum Gasteiger partial charge on any atom is -0.475 e. The van der Waals surface area contributed by atoms with Crippen LogP contribution in [0.1, 0.15) is 32.2 Å². The molecule has 2 rings (SSSR count). The number of hydrogen-bond acceptors (Lipinski definition) is 4. The van der Waals surface area contributed by atoms with Crippen LogP contribution in [0.3, 0.4) is 0 Å². The number of nitrogens with zero attached hydrogens (tertiary/aromatic N) is 1. The maximum Gasteiger partial charge on any atom is 0.372 e. The Kier molecular flexibility index (Phi) is 6.17. The lowest BCUT2D eigenvalue weighted by molar-refractivity contribution is 0.0623. The molecule has 0 atom stereocenters. The van der Waals surface area contributed by atoms with Gasteiger partial charge in [-0.2, -0.15) is 0 Å². The number of carbonyl (C=O) groups excluding carboxylic acids is 1. The summed E-state index contributed by atoms with van der Waals surface area (Å²) in [5.41, 5.74) is 0.900. The Morgan fingerprint density at radius 3 is 2.64 bits per heavy atom. The van der Waals surface area contributed by atoms with E-state index in [0.717, 1.165) is 6.07 Å². The Hall–Kier alpha value is -2.38. The van der Waals surface area contributed by atoms with Crippen LogP contribution in [0.2, 0.25) is 5.02 Å². The number of furan rings is 1. The van der Waals surface area contributed by atoms with Crippen molar-refractivity contribution in [3.63, 3.8) is 0 Å². The van der Waals surface area contributed by atoms with Crippen molar-refractivity contribution in [1.82, 2.24) is 4.90 Å². The maximum atomic E-state index is 13.2. The fourth-order valence-corrected chi connectivity index (χ4v) is 2.49. The molecule has 0 fully saturated rings. The van der Waals surface area contributed by atoms with Gasteiger partial charge < -0.3 is 19.2 Å². The molecule has 0 aliphatic rings. The van der Waals surface area contributed by atoms with E-state index in [9.17, 15) is 14.0 Å². The molecule has 25 heavy (non-hydrogen) atoms. The number of aromatic carboxylic acids is 1. The lowest BCUT2D eigenvalue weighted by atomic mass is 10.2. The van der Waals surface area contributed by atoms with Gasteiger partial charge in [0.25, 0.3) is 5.91 Å². The van der Waals surface area contributed by atoms with Crippen molar-refractivity contribution in [2.45, 2.75) is 13.5 Å². The second-order valence-corrected chi connectivity index (χ2v) is 5.79. The number of carbonyl (C=O) groups is 2.